The molecule has 14 heteroatoms. The van der Waals surface area contributed by atoms with Crippen LogP contribution in [-0.2, 0) is 37.0 Å². The van der Waals surface area contributed by atoms with Crippen LogP contribution in [0.15, 0.2) is 36.4 Å². The molecule has 0 amide bonds. The molecule has 1 N–H and O–H groups in total. The zero-order valence-corrected chi connectivity index (χ0v) is 25.5. The van der Waals surface area contributed by atoms with E-state index in [4.69, 9.17) is 30.8 Å². The SMILES string of the molecule is COc1cc(C(=O)O)cc2c1nc(CN1CCc3cc(C(F)(F)F)c(OCc4c(F)cc(Cl)cc4F)cc3[C@@H]1C)n2C[C@@H]1CCO1. The normalized spacial score (nSPS) is 18.3. The molecule has 0 saturated carbocycles. The Hall–Kier alpha value is -3.94. The van der Waals surface area contributed by atoms with Gasteiger partial charge in [0, 0.05) is 24.2 Å². The number of carboxylic acids is 1. The van der Waals surface area contributed by atoms with Crippen LogP contribution in [0.4, 0.5) is 22.0 Å². The first kappa shape index (κ1) is 32.0. The number of methoxy groups -OCH3 is 1. The fourth-order valence-electron chi connectivity index (χ4n) is 5.97. The molecule has 6 rings (SSSR count). The average Bonchev–Trinajstić information content (AvgIpc) is 3.31. The second-order valence-corrected chi connectivity index (χ2v) is 11.8. The number of hydrogen-bond donors (Lipinski definition) is 1. The number of benzene rings is 3. The lowest BCUT2D eigenvalue weighted by atomic mass is 9.91. The first-order valence-corrected chi connectivity index (χ1v) is 14.9. The van der Waals surface area contributed by atoms with Crippen LogP contribution in [0.3, 0.4) is 0 Å². The van der Waals surface area contributed by atoms with Gasteiger partial charge >= 0.3 is 12.1 Å². The number of carbonyl (C=O) groups is 1. The van der Waals surface area contributed by atoms with E-state index in [2.05, 4.69) is 0 Å². The van der Waals surface area contributed by atoms with Gasteiger partial charge in [0.2, 0.25) is 0 Å². The first-order valence-electron chi connectivity index (χ1n) is 14.5. The second kappa shape index (κ2) is 12.3. The number of ether oxygens (including phenoxy) is 3. The van der Waals surface area contributed by atoms with E-state index in [0.29, 0.717) is 59.9 Å². The third-order valence-electron chi connectivity index (χ3n) is 8.58. The molecule has 2 aliphatic rings. The zero-order chi connectivity index (χ0) is 32.9. The van der Waals surface area contributed by atoms with E-state index < -0.39 is 53.3 Å². The Labute approximate surface area is 265 Å². The lowest BCUT2D eigenvalue weighted by Crippen LogP contribution is -2.36. The summed E-state index contributed by atoms with van der Waals surface area (Å²) in [7, 11) is 1.43. The predicted molar refractivity (Wildman–Crippen MR) is 157 cm³/mol. The predicted octanol–water partition coefficient (Wildman–Crippen LogP) is 7.18. The van der Waals surface area contributed by atoms with Gasteiger partial charge in [-0.2, -0.15) is 13.2 Å². The maximum absolute atomic E-state index is 14.4. The molecule has 8 nitrogen and oxygen atoms in total. The fraction of sp³-hybridized carbons (Fsp3) is 0.375. The standard InChI is InChI=1S/C32H29ClF5N3O5/c1-16-21-12-27(46-15-22-24(34)10-19(33)11-25(22)35)23(32(36,37)38)7-17(21)3-5-40(16)14-29-39-30-26(41(29)13-20-4-6-45-20)8-18(31(42)43)9-28(30)44-2/h7-12,16,20H,3-6,13-15H2,1-2H3,(H,42,43)/t16-,20-/m0/s1. The highest BCUT2D eigenvalue weighted by molar-refractivity contribution is 6.30. The Morgan fingerprint density at radius 1 is 1.13 bits per heavy atom. The van der Waals surface area contributed by atoms with Crippen LogP contribution in [-0.4, -0.2) is 51.9 Å². The molecule has 1 aromatic heterocycles. The Morgan fingerprint density at radius 2 is 1.85 bits per heavy atom. The highest BCUT2D eigenvalue weighted by atomic mass is 35.5. The molecule has 2 aliphatic heterocycles. The van der Waals surface area contributed by atoms with Gasteiger partial charge in [0.25, 0.3) is 0 Å². The summed E-state index contributed by atoms with van der Waals surface area (Å²) in [6.07, 6.45) is -3.73. The van der Waals surface area contributed by atoms with Crippen molar-refractivity contribution in [1.82, 2.24) is 14.5 Å². The van der Waals surface area contributed by atoms with Crippen LogP contribution in [0.2, 0.25) is 5.02 Å². The van der Waals surface area contributed by atoms with Gasteiger partial charge in [-0.3, -0.25) is 4.90 Å². The minimum absolute atomic E-state index is 0.0400. The number of carboxylic acid groups (broad SMARTS) is 1. The van der Waals surface area contributed by atoms with Gasteiger partial charge < -0.3 is 23.9 Å². The van der Waals surface area contributed by atoms with Crippen LogP contribution in [0.25, 0.3) is 11.0 Å². The van der Waals surface area contributed by atoms with Crippen LogP contribution < -0.4 is 9.47 Å². The number of imidazole rings is 1. The van der Waals surface area contributed by atoms with Gasteiger partial charge in [0.05, 0.1) is 48.5 Å². The summed E-state index contributed by atoms with van der Waals surface area (Å²) in [6.45, 7) is 2.82. The zero-order valence-electron chi connectivity index (χ0n) is 24.8. The highest BCUT2D eigenvalue weighted by Gasteiger charge is 2.38. The van der Waals surface area contributed by atoms with E-state index in [1.165, 1.54) is 19.2 Å². The number of rotatable bonds is 9. The van der Waals surface area contributed by atoms with Gasteiger partial charge in [-0.25, -0.2) is 18.6 Å². The molecule has 4 aromatic rings. The van der Waals surface area contributed by atoms with Crippen molar-refractivity contribution in [1.29, 1.82) is 0 Å². The molecule has 0 aliphatic carbocycles. The molecular weight excluding hydrogens is 637 g/mol. The number of fused-ring (bicyclic) bond motifs is 2. The maximum atomic E-state index is 14.4. The van der Waals surface area contributed by atoms with E-state index in [1.54, 1.807) is 6.07 Å². The van der Waals surface area contributed by atoms with E-state index in [0.717, 1.165) is 24.6 Å². The summed E-state index contributed by atoms with van der Waals surface area (Å²) in [4.78, 5) is 18.7. The molecule has 0 bridgehead atoms. The van der Waals surface area contributed by atoms with Crippen molar-refractivity contribution in [2.45, 2.75) is 57.8 Å². The van der Waals surface area contributed by atoms with Crippen molar-refractivity contribution in [3.05, 3.63) is 86.7 Å². The Balaban J connectivity index is 1.34. The summed E-state index contributed by atoms with van der Waals surface area (Å²) >= 11 is 5.68. The van der Waals surface area contributed by atoms with E-state index in [-0.39, 0.29) is 23.2 Å². The third kappa shape index (κ3) is 6.10. The number of aromatic nitrogens is 2. The molecule has 2 atom stereocenters. The highest BCUT2D eigenvalue weighted by Crippen LogP contribution is 2.42. The number of alkyl halides is 3. The third-order valence-corrected chi connectivity index (χ3v) is 8.80. The molecule has 1 saturated heterocycles. The monoisotopic (exact) mass is 665 g/mol. The van der Waals surface area contributed by atoms with E-state index >= 15 is 0 Å². The van der Waals surface area contributed by atoms with E-state index in [9.17, 15) is 31.9 Å². The van der Waals surface area contributed by atoms with Crippen molar-refractivity contribution in [2.75, 3.05) is 20.3 Å². The second-order valence-electron chi connectivity index (χ2n) is 11.3. The van der Waals surface area contributed by atoms with Crippen molar-refractivity contribution < 1.29 is 46.1 Å². The Bertz CT molecular complexity index is 1800. The molecule has 0 spiro atoms. The smallest absolute Gasteiger partial charge is 0.419 e. The number of aromatic carboxylic acids is 1. The van der Waals surface area contributed by atoms with Crippen molar-refractivity contribution >= 4 is 28.6 Å². The Morgan fingerprint density at radius 3 is 2.46 bits per heavy atom. The van der Waals surface area contributed by atoms with Gasteiger partial charge in [-0.1, -0.05) is 11.6 Å². The summed E-state index contributed by atoms with van der Waals surface area (Å²) in [5.41, 5.74) is 0.571. The van der Waals surface area contributed by atoms with E-state index in [1.807, 2.05) is 16.4 Å². The first-order chi connectivity index (χ1) is 21.8. The lowest BCUT2D eigenvalue weighted by Gasteiger charge is -2.36. The number of hydrogen-bond acceptors (Lipinski definition) is 6. The minimum Gasteiger partial charge on any atom is -0.494 e. The Kier molecular flexibility index (Phi) is 8.59. The van der Waals surface area contributed by atoms with Crippen LogP contribution in [0.5, 0.6) is 11.5 Å². The fourth-order valence-corrected chi connectivity index (χ4v) is 6.17. The summed E-state index contributed by atoms with van der Waals surface area (Å²) in [5, 5.41) is 9.49. The van der Waals surface area contributed by atoms with Crippen molar-refractivity contribution in [3.63, 3.8) is 0 Å². The molecule has 46 heavy (non-hydrogen) atoms. The molecule has 0 unspecified atom stereocenters. The molecule has 3 heterocycles. The number of nitrogens with zero attached hydrogens (tertiary/aromatic N) is 3. The van der Waals surface area contributed by atoms with Gasteiger partial charge in [0.1, 0.15) is 41.1 Å². The maximum Gasteiger partial charge on any atom is 0.419 e. The van der Waals surface area contributed by atoms with Crippen LogP contribution in [0, 0.1) is 11.6 Å². The average molecular weight is 666 g/mol. The van der Waals surface area contributed by atoms with Gasteiger partial charge in [0.15, 0.2) is 0 Å². The van der Waals surface area contributed by atoms with Crippen molar-refractivity contribution in [3.8, 4) is 11.5 Å². The van der Waals surface area contributed by atoms with Crippen LogP contribution >= 0.6 is 11.6 Å². The quantitative estimate of drug-likeness (QED) is 0.190. The molecule has 1 fully saturated rings. The molecule has 0 radical (unpaired) electrons. The topological polar surface area (TPSA) is 86.0 Å². The minimum atomic E-state index is -4.77. The molecule has 244 valence electrons. The lowest BCUT2D eigenvalue weighted by molar-refractivity contribution is -0.139. The van der Waals surface area contributed by atoms with Crippen LogP contribution in [0.1, 0.15) is 57.8 Å². The van der Waals surface area contributed by atoms with Gasteiger partial charge in [-0.05, 0) is 67.3 Å². The summed E-state index contributed by atoms with van der Waals surface area (Å²) in [5.74, 6) is -2.81. The summed E-state index contributed by atoms with van der Waals surface area (Å²) in [6, 6.07) is 6.60. The largest absolute Gasteiger partial charge is 0.494 e. The summed E-state index contributed by atoms with van der Waals surface area (Å²) < 4.78 is 89.6. The molecule has 3 aromatic carbocycles. The van der Waals surface area contributed by atoms with Gasteiger partial charge in [-0.15, -0.1) is 0 Å². The van der Waals surface area contributed by atoms with Crippen molar-refractivity contribution in [2.24, 2.45) is 0 Å². The molecular formula is C32H29ClF5N3O5. The number of halogens is 6.